The summed E-state index contributed by atoms with van der Waals surface area (Å²) in [7, 11) is 0. The molecular formula is C15H22N2O. The second-order valence-electron chi connectivity index (χ2n) is 4.91. The minimum Gasteiger partial charge on any atom is -0.368 e. The number of anilines is 1. The van der Waals surface area contributed by atoms with Crippen LogP contribution in [0.15, 0.2) is 24.3 Å². The van der Waals surface area contributed by atoms with Crippen molar-refractivity contribution >= 4 is 11.6 Å². The number of benzene rings is 1. The summed E-state index contributed by atoms with van der Waals surface area (Å²) >= 11 is 0. The number of hydrogen-bond donors (Lipinski definition) is 0. The molecule has 1 fully saturated rings. The van der Waals surface area contributed by atoms with Gasteiger partial charge in [0.1, 0.15) is 0 Å². The number of carbonyl (C=O) groups excluding carboxylic acids is 1. The van der Waals surface area contributed by atoms with Crippen molar-refractivity contribution in [2.45, 2.75) is 26.7 Å². The van der Waals surface area contributed by atoms with Crippen molar-refractivity contribution in [1.82, 2.24) is 4.90 Å². The molecule has 3 heteroatoms. The van der Waals surface area contributed by atoms with Gasteiger partial charge in [0.25, 0.3) is 0 Å². The van der Waals surface area contributed by atoms with E-state index < -0.39 is 0 Å². The Bertz CT molecular complexity index is 391. The highest BCUT2D eigenvalue weighted by molar-refractivity contribution is 5.73. The minimum absolute atomic E-state index is 0.188. The molecule has 1 heterocycles. The van der Waals surface area contributed by atoms with Crippen molar-refractivity contribution < 1.29 is 4.79 Å². The third-order valence-corrected chi connectivity index (χ3v) is 3.57. The zero-order valence-corrected chi connectivity index (χ0v) is 11.4. The van der Waals surface area contributed by atoms with Crippen LogP contribution in [0.5, 0.6) is 0 Å². The van der Waals surface area contributed by atoms with E-state index in [9.17, 15) is 4.79 Å². The number of amides is 1. The van der Waals surface area contributed by atoms with Crippen LogP contribution in [0.2, 0.25) is 0 Å². The van der Waals surface area contributed by atoms with Gasteiger partial charge in [0.2, 0.25) is 5.91 Å². The van der Waals surface area contributed by atoms with Crippen molar-refractivity contribution in [3.8, 4) is 0 Å². The number of aryl methyl sites for hydroxylation is 1. The Hall–Kier alpha value is -1.51. The van der Waals surface area contributed by atoms with Crippen molar-refractivity contribution in [2.24, 2.45) is 0 Å². The Morgan fingerprint density at radius 1 is 1.11 bits per heavy atom. The molecule has 0 unspecified atom stereocenters. The maximum Gasteiger partial charge on any atom is 0.219 e. The summed E-state index contributed by atoms with van der Waals surface area (Å²) in [6, 6.07) is 8.84. The lowest BCUT2D eigenvalue weighted by atomic mass is 10.1. The molecule has 0 radical (unpaired) electrons. The fourth-order valence-electron chi connectivity index (χ4n) is 2.44. The van der Waals surface area contributed by atoms with Crippen LogP contribution in [-0.4, -0.2) is 37.0 Å². The Balaban J connectivity index is 1.95. The Kier molecular flexibility index (Phi) is 4.24. The van der Waals surface area contributed by atoms with Crippen molar-refractivity contribution in [3.05, 3.63) is 29.8 Å². The maximum absolute atomic E-state index is 11.3. The number of hydrogen-bond acceptors (Lipinski definition) is 2. The van der Waals surface area contributed by atoms with Gasteiger partial charge < -0.3 is 9.80 Å². The van der Waals surface area contributed by atoms with Gasteiger partial charge in [-0.05, 0) is 24.1 Å². The topological polar surface area (TPSA) is 23.6 Å². The predicted octanol–water partition coefficient (Wildman–Crippen LogP) is 2.31. The number of nitrogens with zero attached hydrogens (tertiary/aromatic N) is 2. The molecule has 0 aromatic heterocycles. The molecule has 18 heavy (non-hydrogen) atoms. The molecule has 1 aromatic carbocycles. The van der Waals surface area contributed by atoms with Gasteiger partial charge in [-0.3, -0.25) is 4.79 Å². The third kappa shape index (κ3) is 3.03. The average Bonchev–Trinajstić information content (AvgIpc) is 2.40. The lowest BCUT2D eigenvalue weighted by molar-refractivity contribution is -0.129. The summed E-state index contributed by atoms with van der Waals surface area (Å²) < 4.78 is 0. The number of rotatable bonds is 3. The SMILES string of the molecule is CCCc1ccc(N2CCN(C(C)=O)CC2)cc1. The Morgan fingerprint density at radius 2 is 1.72 bits per heavy atom. The van der Waals surface area contributed by atoms with Crippen LogP contribution in [0.3, 0.4) is 0 Å². The lowest BCUT2D eigenvalue weighted by Gasteiger charge is -2.35. The normalized spacial score (nSPS) is 15.9. The summed E-state index contributed by atoms with van der Waals surface area (Å²) in [4.78, 5) is 15.5. The summed E-state index contributed by atoms with van der Waals surface area (Å²) in [6.07, 6.45) is 2.34. The van der Waals surface area contributed by atoms with Crippen LogP contribution >= 0.6 is 0 Å². The van der Waals surface area contributed by atoms with Crippen LogP contribution in [-0.2, 0) is 11.2 Å². The van der Waals surface area contributed by atoms with E-state index in [0.717, 1.165) is 32.6 Å². The lowest BCUT2D eigenvalue weighted by Crippen LogP contribution is -2.48. The zero-order chi connectivity index (χ0) is 13.0. The molecular weight excluding hydrogens is 224 g/mol. The highest BCUT2D eigenvalue weighted by Crippen LogP contribution is 2.18. The second-order valence-corrected chi connectivity index (χ2v) is 4.91. The standard InChI is InChI=1S/C15H22N2O/c1-3-4-14-5-7-15(8-6-14)17-11-9-16(10-12-17)13(2)18/h5-8H,3-4,9-12H2,1-2H3. The van der Waals surface area contributed by atoms with Crippen molar-refractivity contribution in [2.75, 3.05) is 31.1 Å². The van der Waals surface area contributed by atoms with Gasteiger partial charge in [0, 0.05) is 38.8 Å². The van der Waals surface area contributed by atoms with Gasteiger partial charge in [0.15, 0.2) is 0 Å². The minimum atomic E-state index is 0.188. The molecule has 0 N–H and O–H groups in total. The van der Waals surface area contributed by atoms with Crippen molar-refractivity contribution in [1.29, 1.82) is 0 Å². The van der Waals surface area contributed by atoms with E-state index >= 15 is 0 Å². The van der Waals surface area contributed by atoms with Gasteiger partial charge in [0.05, 0.1) is 0 Å². The molecule has 0 atom stereocenters. The third-order valence-electron chi connectivity index (χ3n) is 3.57. The van der Waals surface area contributed by atoms with Crippen LogP contribution in [0.4, 0.5) is 5.69 Å². The largest absolute Gasteiger partial charge is 0.368 e. The average molecular weight is 246 g/mol. The van der Waals surface area contributed by atoms with Crippen molar-refractivity contribution in [3.63, 3.8) is 0 Å². The molecule has 0 saturated carbocycles. The van der Waals surface area contributed by atoms with E-state index in [1.165, 1.54) is 17.7 Å². The summed E-state index contributed by atoms with van der Waals surface area (Å²) in [5, 5.41) is 0. The van der Waals surface area contributed by atoms with E-state index in [-0.39, 0.29) is 5.91 Å². The summed E-state index contributed by atoms with van der Waals surface area (Å²) in [5.41, 5.74) is 2.68. The Labute approximate surface area is 109 Å². The first-order valence-corrected chi connectivity index (χ1v) is 6.80. The van der Waals surface area contributed by atoms with E-state index in [2.05, 4.69) is 36.1 Å². The molecule has 1 amide bonds. The van der Waals surface area contributed by atoms with Crippen LogP contribution in [0, 0.1) is 0 Å². The number of piperazine rings is 1. The fourth-order valence-corrected chi connectivity index (χ4v) is 2.44. The molecule has 1 aromatic rings. The molecule has 3 nitrogen and oxygen atoms in total. The number of carbonyl (C=O) groups is 1. The van der Waals surface area contributed by atoms with Gasteiger partial charge in [-0.15, -0.1) is 0 Å². The van der Waals surface area contributed by atoms with E-state index in [1.807, 2.05) is 4.90 Å². The molecule has 0 spiro atoms. The first-order valence-electron chi connectivity index (χ1n) is 6.80. The van der Waals surface area contributed by atoms with Crippen LogP contribution in [0.25, 0.3) is 0 Å². The molecule has 1 saturated heterocycles. The van der Waals surface area contributed by atoms with Gasteiger partial charge in [-0.2, -0.15) is 0 Å². The molecule has 0 bridgehead atoms. The van der Waals surface area contributed by atoms with Crippen LogP contribution < -0.4 is 4.90 Å². The van der Waals surface area contributed by atoms with Gasteiger partial charge in [-0.25, -0.2) is 0 Å². The smallest absolute Gasteiger partial charge is 0.219 e. The van der Waals surface area contributed by atoms with E-state index in [1.54, 1.807) is 6.92 Å². The van der Waals surface area contributed by atoms with E-state index in [4.69, 9.17) is 0 Å². The second kappa shape index (κ2) is 5.89. The monoisotopic (exact) mass is 246 g/mol. The van der Waals surface area contributed by atoms with Gasteiger partial charge in [-0.1, -0.05) is 25.5 Å². The summed E-state index contributed by atoms with van der Waals surface area (Å²) in [6.45, 7) is 7.40. The first-order chi connectivity index (χ1) is 8.70. The zero-order valence-electron chi connectivity index (χ0n) is 11.4. The molecule has 1 aliphatic heterocycles. The predicted molar refractivity (Wildman–Crippen MR) is 74.9 cm³/mol. The fraction of sp³-hybridized carbons (Fsp3) is 0.533. The molecule has 2 rings (SSSR count). The molecule has 98 valence electrons. The highest BCUT2D eigenvalue weighted by Gasteiger charge is 2.18. The molecule has 1 aliphatic rings. The Morgan fingerprint density at radius 3 is 2.22 bits per heavy atom. The first kappa shape index (κ1) is 12.9. The molecule has 0 aliphatic carbocycles. The van der Waals surface area contributed by atoms with E-state index in [0.29, 0.717) is 0 Å². The van der Waals surface area contributed by atoms with Gasteiger partial charge >= 0.3 is 0 Å². The quantitative estimate of drug-likeness (QED) is 0.817. The maximum atomic E-state index is 11.3. The summed E-state index contributed by atoms with van der Waals surface area (Å²) in [5.74, 6) is 0.188. The highest BCUT2D eigenvalue weighted by atomic mass is 16.2. The van der Waals surface area contributed by atoms with Crippen LogP contribution in [0.1, 0.15) is 25.8 Å².